The van der Waals surface area contributed by atoms with Gasteiger partial charge in [-0.3, -0.25) is 4.79 Å². The van der Waals surface area contributed by atoms with Crippen LogP contribution in [-0.2, 0) is 11.2 Å². The molecule has 1 saturated carbocycles. The maximum absolute atomic E-state index is 12.3. The van der Waals surface area contributed by atoms with Gasteiger partial charge in [0, 0.05) is 12.5 Å². The molecule has 1 aromatic heterocycles. The van der Waals surface area contributed by atoms with Crippen LogP contribution in [0, 0.1) is 11.3 Å². The van der Waals surface area contributed by atoms with E-state index in [4.69, 9.17) is 46.4 Å². The highest BCUT2D eigenvalue weighted by Crippen LogP contribution is 2.70. The van der Waals surface area contributed by atoms with Crippen molar-refractivity contribution in [3.8, 4) is 0 Å². The zero-order chi connectivity index (χ0) is 15.1. The van der Waals surface area contributed by atoms with Crippen molar-refractivity contribution in [3.63, 3.8) is 0 Å². The van der Waals surface area contributed by atoms with Gasteiger partial charge in [0.25, 0.3) is 0 Å². The molecule has 20 heavy (non-hydrogen) atoms. The number of nitrogens with one attached hydrogen (secondary N) is 1. The fourth-order valence-corrected chi connectivity index (χ4v) is 5.28. The topological polar surface area (TPSA) is 29.1 Å². The summed E-state index contributed by atoms with van der Waals surface area (Å²) >= 11 is 25.6. The minimum atomic E-state index is -0.963. The second kappa shape index (κ2) is 5.85. The molecule has 0 saturated heterocycles. The van der Waals surface area contributed by atoms with Crippen molar-refractivity contribution in [2.45, 2.75) is 31.0 Å². The first kappa shape index (κ1) is 16.7. The predicted molar refractivity (Wildman–Crippen MR) is 87.4 cm³/mol. The van der Waals surface area contributed by atoms with E-state index in [1.807, 2.05) is 19.9 Å². The molecule has 1 heterocycles. The summed E-state index contributed by atoms with van der Waals surface area (Å²) in [4.78, 5) is 12.3. The summed E-state index contributed by atoms with van der Waals surface area (Å²) in [5.41, 5.74) is 0.269. The lowest BCUT2D eigenvalue weighted by Crippen LogP contribution is -2.36. The highest BCUT2D eigenvalue weighted by molar-refractivity contribution is 7.20. The standard InChI is InChI=1S/C13H15Cl4NOS/c1-3-12(7(2)13(12,16)17)11(19)18-5-4-8-6-9(14)20-10(8)15/h6-7H,3-5H2,1-2H3,(H,18,19). The van der Waals surface area contributed by atoms with Crippen LogP contribution in [0.5, 0.6) is 0 Å². The number of amides is 1. The van der Waals surface area contributed by atoms with E-state index in [-0.39, 0.29) is 11.8 Å². The summed E-state index contributed by atoms with van der Waals surface area (Å²) in [5.74, 6) is -0.127. The largest absolute Gasteiger partial charge is 0.355 e. The van der Waals surface area contributed by atoms with Gasteiger partial charge in [0.15, 0.2) is 0 Å². The molecule has 0 spiro atoms. The van der Waals surface area contributed by atoms with Crippen LogP contribution in [0.3, 0.4) is 0 Å². The van der Waals surface area contributed by atoms with Crippen molar-refractivity contribution in [1.29, 1.82) is 0 Å². The molecule has 2 nitrogen and oxygen atoms in total. The fourth-order valence-electron chi connectivity index (χ4n) is 2.70. The van der Waals surface area contributed by atoms with E-state index in [0.29, 0.717) is 28.1 Å². The SMILES string of the molecule is CCC1(C(=O)NCCc2cc(Cl)sc2Cl)C(C)C1(Cl)Cl. The first-order valence-corrected chi connectivity index (χ1v) is 8.70. The molecule has 0 bridgehead atoms. The molecule has 1 aromatic rings. The summed E-state index contributed by atoms with van der Waals surface area (Å²) in [7, 11) is 0. The van der Waals surface area contributed by atoms with Crippen molar-refractivity contribution in [2.24, 2.45) is 11.3 Å². The molecule has 2 atom stereocenters. The van der Waals surface area contributed by atoms with Gasteiger partial charge in [-0.25, -0.2) is 0 Å². The first-order valence-electron chi connectivity index (χ1n) is 6.37. The quantitative estimate of drug-likeness (QED) is 0.727. The van der Waals surface area contributed by atoms with Crippen LogP contribution in [0.1, 0.15) is 25.8 Å². The Morgan fingerprint density at radius 1 is 1.45 bits per heavy atom. The monoisotopic (exact) mass is 373 g/mol. The zero-order valence-electron chi connectivity index (χ0n) is 11.1. The first-order chi connectivity index (χ1) is 9.27. The lowest BCUT2D eigenvalue weighted by atomic mass is 9.99. The second-order valence-corrected chi connectivity index (χ2v) is 8.70. The van der Waals surface area contributed by atoms with Crippen molar-refractivity contribution in [3.05, 3.63) is 20.3 Å². The number of halogens is 4. The van der Waals surface area contributed by atoms with Crippen molar-refractivity contribution in [1.82, 2.24) is 5.32 Å². The minimum absolute atomic E-state index is 0.0393. The number of rotatable bonds is 5. The summed E-state index contributed by atoms with van der Waals surface area (Å²) < 4.78 is 0.353. The highest BCUT2D eigenvalue weighted by atomic mass is 35.5. The van der Waals surface area contributed by atoms with Crippen LogP contribution in [0.2, 0.25) is 8.67 Å². The van der Waals surface area contributed by atoms with E-state index in [1.165, 1.54) is 11.3 Å². The Balaban J connectivity index is 1.92. The van der Waals surface area contributed by atoms with Crippen molar-refractivity contribution in [2.75, 3.05) is 6.54 Å². The van der Waals surface area contributed by atoms with Crippen LogP contribution < -0.4 is 5.32 Å². The van der Waals surface area contributed by atoms with Crippen LogP contribution in [-0.4, -0.2) is 16.8 Å². The number of hydrogen-bond donors (Lipinski definition) is 1. The number of carbonyl (C=O) groups is 1. The van der Waals surface area contributed by atoms with Crippen LogP contribution in [0.15, 0.2) is 6.07 Å². The van der Waals surface area contributed by atoms with E-state index in [2.05, 4.69) is 5.32 Å². The Kier molecular flexibility index (Phi) is 4.88. The number of alkyl halides is 2. The molecule has 0 radical (unpaired) electrons. The van der Waals surface area contributed by atoms with Gasteiger partial charge in [0.1, 0.15) is 4.33 Å². The Morgan fingerprint density at radius 3 is 2.45 bits per heavy atom. The summed E-state index contributed by atoms with van der Waals surface area (Å²) in [6.45, 7) is 4.32. The number of carbonyl (C=O) groups excluding carboxylic acids is 1. The Morgan fingerprint density at radius 2 is 2.05 bits per heavy atom. The average Bonchev–Trinajstić information content (AvgIpc) is 2.62. The Bertz CT molecular complexity index is 530. The van der Waals surface area contributed by atoms with Crippen LogP contribution >= 0.6 is 57.7 Å². The normalized spacial score (nSPS) is 27.4. The molecular weight excluding hydrogens is 360 g/mol. The van der Waals surface area contributed by atoms with E-state index in [0.717, 1.165) is 5.56 Å². The third kappa shape index (κ3) is 2.56. The molecule has 112 valence electrons. The predicted octanol–water partition coefficient (Wildman–Crippen LogP) is 4.93. The molecule has 1 amide bonds. The summed E-state index contributed by atoms with van der Waals surface area (Å²) in [5, 5.41) is 2.90. The second-order valence-electron chi connectivity index (χ2n) is 5.02. The Hall–Kier alpha value is 0.330. The lowest BCUT2D eigenvalue weighted by Gasteiger charge is -2.16. The Labute approximate surface area is 142 Å². The summed E-state index contributed by atoms with van der Waals surface area (Å²) in [6.07, 6.45) is 1.26. The van der Waals surface area contributed by atoms with E-state index >= 15 is 0 Å². The van der Waals surface area contributed by atoms with Gasteiger partial charge < -0.3 is 5.32 Å². The maximum Gasteiger partial charge on any atom is 0.229 e. The van der Waals surface area contributed by atoms with E-state index in [9.17, 15) is 4.79 Å². The van der Waals surface area contributed by atoms with Crippen molar-refractivity contribution >= 4 is 63.6 Å². The smallest absolute Gasteiger partial charge is 0.229 e. The van der Waals surface area contributed by atoms with Gasteiger partial charge in [-0.15, -0.1) is 34.5 Å². The van der Waals surface area contributed by atoms with Crippen LogP contribution in [0.25, 0.3) is 0 Å². The van der Waals surface area contributed by atoms with Gasteiger partial charge in [-0.05, 0) is 24.5 Å². The molecule has 7 heteroatoms. The van der Waals surface area contributed by atoms with Gasteiger partial charge >= 0.3 is 0 Å². The van der Waals surface area contributed by atoms with Crippen molar-refractivity contribution < 1.29 is 4.79 Å². The summed E-state index contributed by atoms with van der Waals surface area (Å²) in [6, 6.07) is 1.82. The van der Waals surface area contributed by atoms with Gasteiger partial charge in [0.2, 0.25) is 5.91 Å². The number of hydrogen-bond acceptors (Lipinski definition) is 2. The maximum atomic E-state index is 12.3. The molecule has 1 aliphatic rings. The molecule has 0 aliphatic heterocycles. The zero-order valence-corrected chi connectivity index (χ0v) is 14.9. The molecule has 1 aliphatic carbocycles. The molecule has 2 unspecified atom stereocenters. The minimum Gasteiger partial charge on any atom is -0.355 e. The highest BCUT2D eigenvalue weighted by Gasteiger charge is 2.76. The number of thiophene rings is 1. The lowest BCUT2D eigenvalue weighted by molar-refractivity contribution is -0.126. The molecule has 1 N–H and O–H groups in total. The van der Waals surface area contributed by atoms with Gasteiger partial charge in [-0.2, -0.15) is 0 Å². The van der Waals surface area contributed by atoms with E-state index in [1.54, 1.807) is 0 Å². The average molecular weight is 375 g/mol. The third-order valence-corrected chi connectivity index (χ3v) is 7.06. The van der Waals surface area contributed by atoms with Gasteiger partial charge in [0.05, 0.1) is 14.1 Å². The van der Waals surface area contributed by atoms with Crippen LogP contribution in [0.4, 0.5) is 0 Å². The van der Waals surface area contributed by atoms with E-state index < -0.39 is 9.75 Å². The molecule has 1 fully saturated rings. The fraction of sp³-hybridized carbons (Fsp3) is 0.615. The third-order valence-electron chi connectivity index (χ3n) is 4.16. The molecule has 0 aromatic carbocycles. The van der Waals surface area contributed by atoms with Gasteiger partial charge in [-0.1, -0.05) is 37.0 Å². The molecular formula is C13H15Cl4NOS. The molecule has 2 rings (SSSR count).